The Kier molecular flexibility index (Phi) is 5.19. The van der Waals surface area contributed by atoms with E-state index in [2.05, 4.69) is 88.5 Å². The van der Waals surface area contributed by atoms with E-state index in [0.29, 0.717) is 0 Å². The molecule has 0 radical (unpaired) electrons. The zero-order valence-electron chi connectivity index (χ0n) is 16.8. The summed E-state index contributed by atoms with van der Waals surface area (Å²) < 4.78 is 0. The third-order valence-electron chi connectivity index (χ3n) is 5.42. The number of hydrogen-bond acceptors (Lipinski definition) is 0. The molecule has 0 unspecified atom stereocenters. The van der Waals surface area contributed by atoms with E-state index in [1.807, 2.05) is 25.2 Å². The number of allylic oxidation sites excluding steroid dienone is 8. The molecule has 0 spiro atoms. The summed E-state index contributed by atoms with van der Waals surface area (Å²) in [6, 6.07) is 15.3. The van der Waals surface area contributed by atoms with Crippen LogP contribution in [0.2, 0.25) is 0 Å². The Bertz CT molecular complexity index is 973. The lowest BCUT2D eigenvalue weighted by molar-refractivity contribution is 0.656. The van der Waals surface area contributed by atoms with Crippen molar-refractivity contribution in [3.05, 3.63) is 108 Å². The summed E-state index contributed by atoms with van der Waals surface area (Å²) in [4.78, 5) is 0. The maximum atomic E-state index is 4.14. The number of benzene rings is 2. The maximum Gasteiger partial charge on any atom is 0.0164 e. The molecule has 0 saturated heterocycles. The van der Waals surface area contributed by atoms with Gasteiger partial charge < -0.3 is 0 Å². The first kappa shape index (κ1) is 18.9. The Morgan fingerprint density at radius 2 is 1.59 bits per heavy atom. The molecular weight excluding hydrogens is 324 g/mol. The Labute approximate surface area is 164 Å². The minimum Gasteiger partial charge on any atom is -0.0984 e. The van der Waals surface area contributed by atoms with Crippen LogP contribution in [0.3, 0.4) is 0 Å². The fourth-order valence-electron chi connectivity index (χ4n) is 4.15. The van der Waals surface area contributed by atoms with E-state index >= 15 is 0 Å². The van der Waals surface area contributed by atoms with E-state index in [9.17, 15) is 0 Å². The van der Waals surface area contributed by atoms with Gasteiger partial charge in [-0.2, -0.15) is 0 Å². The number of fused-ring (bicyclic) bond motifs is 1. The molecule has 0 saturated carbocycles. The fourth-order valence-corrected chi connectivity index (χ4v) is 4.15. The van der Waals surface area contributed by atoms with E-state index in [-0.39, 0.29) is 5.41 Å². The van der Waals surface area contributed by atoms with Gasteiger partial charge in [0, 0.05) is 5.41 Å². The van der Waals surface area contributed by atoms with Gasteiger partial charge in [-0.1, -0.05) is 99.9 Å². The molecule has 0 atom stereocenters. The third-order valence-corrected chi connectivity index (χ3v) is 5.42. The number of hydrogen-bond donors (Lipinski definition) is 0. The summed E-state index contributed by atoms with van der Waals surface area (Å²) in [5.74, 6) is 0. The van der Waals surface area contributed by atoms with Crippen LogP contribution in [0.15, 0.2) is 91.6 Å². The molecule has 136 valence electrons. The molecule has 0 heteroatoms. The molecule has 0 aliphatic heterocycles. The van der Waals surface area contributed by atoms with Crippen molar-refractivity contribution >= 4 is 11.1 Å². The minimum atomic E-state index is -0.0603. The lowest BCUT2D eigenvalue weighted by atomic mass is 9.77. The van der Waals surface area contributed by atoms with Gasteiger partial charge in [-0.05, 0) is 58.4 Å². The molecule has 0 amide bonds. The summed E-state index contributed by atoms with van der Waals surface area (Å²) >= 11 is 0. The highest BCUT2D eigenvalue weighted by atomic mass is 14.4. The van der Waals surface area contributed by atoms with Crippen molar-refractivity contribution in [2.24, 2.45) is 0 Å². The number of rotatable bonds is 5. The molecule has 0 N–H and O–H groups in total. The highest BCUT2D eigenvalue weighted by Gasteiger charge is 2.37. The van der Waals surface area contributed by atoms with Gasteiger partial charge in [0.2, 0.25) is 0 Å². The zero-order chi connectivity index (χ0) is 19.6. The monoisotopic (exact) mass is 352 g/mol. The average Bonchev–Trinajstić information content (AvgIpc) is 2.89. The zero-order valence-corrected chi connectivity index (χ0v) is 16.8. The van der Waals surface area contributed by atoms with Crippen LogP contribution in [0.1, 0.15) is 44.4 Å². The lowest BCUT2D eigenvalue weighted by Crippen LogP contribution is -2.17. The van der Waals surface area contributed by atoms with Crippen molar-refractivity contribution in [3.8, 4) is 11.1 Å². The summed E-state index contributed by atoms with van der Waals surface area (Å²) in [5.41, 5.74) is 9.91. The fraction of sp³-hybridized carbons (Fsp3) is 0.185. The lowest BCUT2D eigenvalue weighted by Gasteiger charge is -2.26. The molecule has 0 aromatic heterocycles. The van der Waals surface area contributed by atoms with Gasteiger partial charge in [0.25, 0.3) is 0 Å². The molecule has 2 aromatic rings. The second kappa shape index (κ2) is 7.40. The smallest absolute Gasteiger partial charge is 0.0164 e. The van der Waals surface area contributed by atoms with Crippen LogP contribution in [0.4, 0.5) is 0 Å². The molecule has 27 heavy (non-hydrogen) atoms. The van der Waals surface area contributed by atoms with Crippen LogP contribution in [-0.2, 0) is 5.41 Å². The Balaban J connectivity index is 2.15. The molecule has 1 aliphatic rings. The second-order valence-corrected chi connectivity index (χ2v) is 7.49. The first-order valence-electron chi connectivity index (χ1n) is 9.51. The molecule has 0 bridgehead atoms. The first-order valence-corrected chi connectivity index (χ1v) is 9.51. The Hall–Kier alpha value is -2.86. The topological polar surface area (TPSA) is 0 Å². The van der Waals surface area contributed by atoms with Crippen LogP contribution in [0.5, 0.6) is 0 Å². The third kappa shape index (κ3) is 3.17. The van der Waals surface area contributed by atoms with Crippen LogP contribution >= 0.6 is 0 Å². The maximum absolute atomic E-state index is 4.14. The quantitative estimate of drug-likeness (QED) is 0.482. The van der Waals surface area contributed by atoms with E-state index in [4.69, 9.17) is 0 Å². The molecule has 1 aliphatic carbocycles. The largest absolute Gasteiger partial charge is 0.0984 e. The molecule has 0 heterocycles. The SMILES string of the molecule is C=CC1=C(/C=C\C)C(C)(C)c2c1cccc2-c1ccc(C(=C)/C=C\C)cc1. The predicted octanol–water partition coefficient (Wildman–Crippen LogP) is 7.75. The Morgan fingerprint density at radius 3 is 2.19 bits per heavy atom. The highest BCUT2D eigenvalue weighted by Crippen LogP contribution is 2.50. The van der Waals surface area contributed by atoms with Gasteiger partial charge >= 0.3 is 0 Å². The average molecular weight is 353 g/mol. The van der Waals surface area contributed by atoms with Gasteiger partial charge in [-0.25, -0.2) is 0 Å². The normalized spacial score (nSPS) is 15.6. The summed E-state index contributed by atoms with van der Waals surface area (Å²) in [6.07, 6.45) is 10.4. The van der Waals surface area contributed by atoms with Crippen molar-refractivity contribution in [3.63, 3.8) is 0 Å². The van der Waals surface area contributed by atoms with Crippen molar-refractivity contribution in [2.75, 3.05) is 0 Å². The van der Waals surface area contributed by atoms with E-state index in [0.717, 1.165) is 11.1 Å². The standard InChI is InChI=1S/C27H28/c1-7-11-19(4)20-15-17-21(18-16-20)23-13-10-14-24-22(9-3)25(12-8-2)27(5,6)26(23)24/h7-18H,3-4H2,1-2,5-6H3/b11-7-,12-8-. The van der Waals surface area contributed by atoms with E-state index < -0.39 is 0 Å². The van der Waals surface area contributed by atoms with Gasteiger partial charge in [0.05, 0.1) is 0 Å². The first-order chi connectivity index (χ1) is 13.0. The van der Waals surface area contributed by atoms with Crippen LogP contribution < -0.4 is 0 Å². The summed E-state index contributed by atoms with van der Waals surface area (Å²) in [6.45, 7) is 16.9. The molecule has 2 aromatic carbocycles. The molecular formula is C27H28. The van der Waals surface area contributed by atoms with Crippen molar-refractivity contribution in [1.29, 1.82) is 0 Å². The second-order valence-electron chi connectivity index (χ2n) is 7.49. The van der Waals surface area contributed by atoms with Gasteiger partial charge in [0.15, 0.2) is 0 Å². The van der Waals surface area contributed by atoms with E-state index in [1.165, 1.54) is 33.4 Å². The predicted molar refractivity (Wildman–Crippen MR) is 121 cm³/mol. The van der Waals surface area contributed by atoms with Crippen LogP contribution in [0, 0.1) is 0 Å². The van der Waals surface area contributed by atoms with E-state index in [1.54, 1.807) is 0 Å². The molecule has 3 rings (SSSR count). The molecule has 0 fully saturated rings. The summed E-state index contributed by atoms with van der Waals surface area (Å²) in [5, 5.41) is 0. The van der Waals surface area contributed by atoms with Crippen molar-refractivity contribution in [1.82, 2.24) is 0 Å². The van der Waals surface area contributed by atoms with Gasteiger partial charge in [-0.15, -0.1) is 0 Å². The van der Waals surface area contributed by atoms with Crippen molar-refractivity contribution < 1.29 is 0 Å². The minimum absolute atomic E-state index is 0.0603. The van der Waals surface area contributed by atoms with Crippen LogP contribution in [-0.4, -0.2) is 0 Å². The van der Waals surface area contributed by atoms with Crippen LogP contribution in [0.25, 0.3) is 22.3 Å². The molecule has 0 nitrogen and oxygen atoms in total. The van der Waals surface area contributed by atoms with Gasteiger partial charge in [-0.3, -0.25) is 0 Å². The Morgan fingerprint density at radius 1 is 0.926 bits per heavy atom. The summed E-state index contributed by atoms with van der Waals surface area (Å²) in [7, 11) is 0. The van der Waals surface area contributed by atoms with Gasteiger partial charge in [0.1, 0.15) is 0 Å². The van der Waals surface area contributed by atoms with Crippen molar-refractivity contribution in [2.45, 2.75) is 33.1 Å². The highest BCUT2D eigenvalue weighted by molar-refractivity contribution is 5.92.